The Balaban J connectivity index is 2.22. The molecule has 3 N–H and O–H groups in total. The van der Waals surface area contributed by atoms with Gasteiger partial charge in [-0.05, 0) is 12.5 Å². The van der Waals surface area contributed by atoms with Crippen LogP contribution >= 0.6 is 0 Å². The van der Waals surface area contributed by atoms with Crippen molar-refractivity contribution in [3.05, 3.63) is 35.4 Å². The third kappa shape index (κ3) is 5.65. The number of aryl methyl sites for hydroxylation is 1. The van der Waals surface area contributed by atoms with Crippen LogP contribution in [0, 0.1) is 6.92 Å². The first-order chi connectivity index (χ1) is 8.61. The molecule has 0 fully saturated rings. The Kier molecular flexibility index (Phi) is 6.18. The average Bonchev–Trinajstić information content (AvgIpc) is 2.36. The number of carbonyl (C=O) groups is 1. The number of carbonyl (C=O) groups excluding carboxylic acids is 1. The molecule has 0 heterocycles. The highest BCUT2D eigenvalue weighted by molar-refractivity contribution is 5.73. The molecule has 5 nitrogen and oxygen atoms in total. The number of rotatable bonds is 6. The third-order valence-electron chi connectivity index (χ3n) is 2.43. The molecule has 0 radical (unpaired) electrons. The zero-order valence-electron chi connectivity index (χ0n) is 10.8. The summed E-state index contributed by atoms with van der Waals surface area (Å²) in [5.41, 5.74) is 2.22. The van der Waals surface area contributed by atoms with Gasteiger partial charge in [-0.1, -0.05) is 29.8 Å². The van der Waals surface area contributed by atoms with Gasteiger partial charge in [0.1, 0.15) is 0 Å². The molecule has 1 rings (SSSR count). The summed E-state index contributed by atoms with van der Waals surface area (Å²) in [6.07, 6.45) is -0.680. The summed E-state index contributed by atoms with van der Waals surface area (Å²) in [4.78, 5) is 11.4. The molecule has 1 aromatic carbocycles. The standard InChI is InChI=1S/C13H20N2O3/c1-10-3-5-11(6-4-10)7-14-13(17)15-8-12(16)9-18-2/h3-6,12,16H,7-9H2,1-2H3,(H2,14,15,17). The van der Waals surface area contributed by atoms with Crippen molar-refractivity contribution in [2.24, 2.45) is 0 Å². The van der Waals surface area contributed by atoms with Crippen molar-refractivity contribution in [2.45, 2.75) is 19.6 Å². The maximum Gasteiger partial charge on any atom is 0.315 e. The summed E-state index contributed by atoms with van der Waals surface area (Å²) in [6.45, 7) is 2.86. The topological polar surface area (TPSA) is 70.6 Å². The van der Waals surface area contributed by atoms with E-state index in [9.17, 15) is 9.90 Å². The number of methoxy groups -OCH3 is 1. The van der Waals surface area contributed by atoms with Gasteiger partial charge >= 0.3 is 6.03 Å². The van der Waals surface area contributed by atoms with E-state index in [0.717, 1.165) is 5.56 Å². The minimum atomic E-state index is -0.680. The highest BCUT2D eigenvalue weighted by Crippen LogP contribution is 2.02. The van der Waals surface area contributed by atoms with E-state index in [2.05, 4.69) is 10.6 Å². The lowest BCUT2D eigenvalue weighted by atomic mass is 10.1. The van der Waals surface area contributed by atoms with Gasteiger partial charge in [-0.2, -0.15) is 0 Å². The van der Waals surface area contributed by atoms with Crippen LogP contribution in [0.3, 0.4) is 0 Å². The summed E-state index contributed by atoms with van der Waals surface area (Å²) in [6, 6.07) is 7.63. The van der Waals surface area contributed by atoms with E-state index in [1.54, 1.807) is 0 Å². The van der Waals surface area contributed by atoms with Crippen molar-refractivity contribution in [1.82, 2.24) is 10.6 Å². The summed E-state index contributed by atoms with van der Waals surface area (Å²) in [7, 11) is 1.50. The second-order valence-corrected chi connectivity index (χ2v) is 4.16. The van der Waals surface area contributed by atoms with E-state index in [0.29, 0.717) is 6.54 Å². The van der Waals surface area contributed by atoms with Crippen molar-refractivity contribution in [1.29, 1.82) is 0 Å². The van der Waals surface area contributed by atoms with Gasteiger partial charge in [0.25, 0.3) is 0 Å². The number of hydrogen-bond acceptors (Lipinski definition) is 3. The molecule has 5 heteroatoms. The summed E-state index contributed by atoms with van der Waals surface area (Å²) >= 11 is 0. The van der Waals surface area contributed by atoms with Gasteiger partial charge in [0, 0.05) is 20.2 Å². The Bertz CT molecular complexity index is 365. The second kappa shape index (κ2) is 7.68. The first kappa shape index (κ1) is 14.5. The van der Waals surface area contributed by atoms with E-state index in [1.165, 1.54) is 12.7 Å². The first-order valence-electron chi connectivity index (χ1n) is 5.86. The second-order valence-electron chi connectivity index (χ2n) is 4.16. The number of nitrogens with one attached hydrogen (secondary N) is 2. The SMILES string of the molecule is COCC(O)CNC(=O)NCc1ccc(C)cc1. The van der Waals surface area contributed by atoms with Crippen LogP contribution in [0.1, 0.15) is 11.1 Å². The van der Waals surface area contributed by atoms with Gasteiger partial charge < -0.3 is 20.5 Å². The average molecular weight is 252 g/mol. The molecule has 0 aliphatic carbocycles. The van der Waals surface area contributed by atoms with Crippen LogP contribution in [0.2, 0.25) is 0 Å². The summed E-state index contributed by atoms with van der Waals surface area (Å²) in [5.74, 6) is 0. The molecule has 0 saturated carbocycles. The molecular formula is C13H20N2O3. The number of amides is 2. The fourth-order valence-electron chi connectivity index (χ4n) is 1.41. The van der Waals surface area contributed by atoms with Crippen molar-refractivity contribution in [3.8, 4) is 0 Å². The Morgan fingerprint density at radius 1 is 1.33 bits per heavy atom. The summed E-state index contributed by atoms with van der Waals surface area (Å²) in [5, 5.41) is 14.6. The molecule has 0 bridgehead atoms. The van der Waals surface area contributed by atoms with Gasteiger partial charge in [0.15, 0.2) is 0 Å². The lowest BCUT2D eigenvalue weighted by Crippen LogP contribution is -2.40. The maximum absolute atomic E-state index is 11.4. The van der Waals surface area contributed by atoms with Crippen molar-refractivity contribution in [2.75, 3.05) is 20.3 Å². The summed E-state index contributed by atoms with van der Waals surface area (Å²) < 4.78 is 4.75. The fraction of sp³-hybridized carbons (Fsp3) is 0.462. The normalized spacial score (nSPS) is 11.9. The molecule has 1 aromatic rings. The van der Waals surface area contributed by atoms with Gasteiger partial charge in [-0.3, -0.25) is 0 Å². The zero-order valence-corrected chi connectivity index (χ0v) is 10.8. The van der Waals surface area contributed by atoms with Crippen LogP contribution in [0.15, 0.2) is 24.3 Å². The molecule has 2 amide bonds. The van der Waals surface area contributed by atoms with Crippen LogP contribution in [-0.2, 0) is 11.3 Å². The smallest absolute Gasteiger partial charge is 0.315 e. The maximum atomic E-state index is 11.4. The predicted octanol–water partition coefficient (Wildman–Crippen LogP) is 0.802. The number of ether oxygens (including phenoxy) is 1. The molecule has 0 saturated heterocycles. The van der Waals surface area contributed by atoms with Crippen LogP contribution < -0.4 is 10.6 Å². The van der Waals surface area contributed by atoms with Gasteiger partial charge in [-0.15, -0.1) is 0 Å². The quantitative estimate of drug-likeness (QED) is 0.701. The fourth-order valence-corrected chi connectivity index (χ4v) is 1.41. The van der Waals surface area contributed by atoms with E-state index in [1.807, 2.05) is 31.2 Å². The minimum absolute atomic E-state index is 0.174. The number of urea groups is 1. The monoisotopic (exact) mass is 252 g/mol. The van der Waals surface area contributed by atoms with E-state index in [4.69, 9.17) is 4.74 Å². The molecule has 0 aromatic heterocycles. The molecule has 0 aliphatic heterocycles. The Morgan fingerprint density at radius 3 is 2.61 bits per heavy atom. The Hall–Kier alpha value is -1.59. The van der Waals surface area contributed by atoms with Gasteiger partial charge in [0.05, 0.1) is 12.7 Å². The molecule has 1 atom stereocenters. The van der Waals surface area contributed by atoms with Crippen molar-refractivity contribution >= 4 is 6.03 Å². The van der Waals surface area contributed by atoms with Crippen molar-refractivity contribution < 1.29 is 14.6 Å². The van der Waals surface area contributed by atoms with E-state index < -0.39 is 6.10 Å². The van der Waals surface area contributed by atoms with Crippen LogP contribution in [0.5, 0.6) is 0 Å². The highest BCUT2D eigenvalue weighted by Gasteiger charge is 2.05. The van der Waals surface area contributed by atoms with E-state index in [-0.39, 0.29) is 19.2 Å². The lowest BCUT2D eigenvalue weighted by molar-refractivity contribution is 0.0660. The number of benzene rings is 1. The molecule has 1 unspecified atom stereocenters. The first-order valence-corrected chi connectivity index (χ1v) is 5.86. The number of hydrogen-bond donors (Lipinski definition) is 3. The molecule has 0 aliphatic rings. The third-order valence-corrected chi connectivity index (χ3v) is 2.43. The highest BCUT2D eigenvalue weighted by atomic mass is 16.5. The minimum Gasteiger partial charge on any atom is -0.389 e. The van der Waals surface area contributed by atoms with E-state index >= 15 is 0 Å². The number of aliphatic hydroxyl groups excluding tert-OH is 1. The predicted molar refractivity (Wildman–Crippen MR) is 69.3 cm³/mol. The Morgan fingerprint density at radius 2 is 2.00 bits per heavy atom. The molecule has 100 valence electrons. The van der Waals surface area contributed by atoms with Gasteiger partial charge in [0.2, 0.25) is 0 Å². The molecular weight excluding hydrogens is 232 g/mol. The molecule has 18 heavy (non-hydrogen) atoms. The van der Waals surface area contributed by atoms with Crippen LogP contribution in [-0.4, -0.2) is 37.5 Å². The largest absolute Gasteiger partial charge is 0.389 e. The Labute approximate surface area is 107 Å². The molecule has 0 spiro atoms. The van der Waals surface area contributed by atoms with Crippen LogP contribution in [0.4, 0.5) is 4.79 Å². The zero-order chi connectivity index (χ0) is 13.4. The van der Waals surface area contributed by atoms with Gasteiger partial charge in [-0.25, -0.2) is 4.79 Å². The van der Waals surface area contributed by atoms with Crippen molar-refractivity contribution in [3.63, 3.8) is 0 Å². The number of aliphatic hydroxyl groups is 1. The lowest BCUT2D eigenvalue weighted by Gasteiger charge is -2.11. The van der Waals surface area contributed by atoms with Crippen LogP contribution in [0.25, 0.3) is 0 Å².